The topological polar surface area (TPSA) is 85.6 Å². The minimum atomic E-state index is -0.309. The Balaban J connectivity index is 1.33. The first-order chi connectivity index (χ1) is 14.1. The lowest BCUT2D eigenvalue weighted by Gasteiger charge is -2.02. The molecule has 3 aromatic heterocycles. The number of aromatic nitrogens is 5. The smallest absolute Gasteiger partial charge is 0.282 e. The minimum Gasteiger partial charge on any atom is -0.346 e. The van der Waals surface area contributed by atoms with Gasteiger partial charge in [0.2, 0.25) is 5.01 Å². The van der Waals surface area contributed by atoms with E-state index < -0.39 is 0 Å². The molecule has 0 aliphatic rings. The van der Waals surface area contributed by atoms with E-state index in [4.69, 9.17) is 0 Å². The van der Waals surface area contributed by atoms with Crippen LogP contribution in [0.4, 0.5) is 4.39 Å². The molecule has 0 spiro atoms. The quantitative estimate of drug-likeness (QED) is 0.435. The van der Waals surface area contributed by atoms with Crippen LogP contribution >= 0.6 is 34.4 Å². The zero-order chi connectivity index (χ0) is 20.2. The van der Waals surface area contributed by atoms with Gasteiger partial charge in [-0.05, 0) is 29.1 Å². The van der Waals surface area contributed by atoms with Crippen molar-refractivity contribution in [2.45, 2.75) is 17.5 Å². The zero-order valence-corrected chi connectivity index (χ0v) is 17.7. The fraction of sp³-hybridized carbons (Fsp3) is 0.167. The summed E-state index contributed by atoms with van der Waals surface area (Å²) in [5.41, 5.74) is 0.809. The fourth-order valence-electron chi connectivity index (χ4n) is 2.45. The van der Waals surface area contributed by atoms with Gasteiger partial charge in [-0.2, -0.15) is 0 Å². The van der Waals surface area contributed by atoms with Gasteiger partial charge >= 0.3 is 0 Å². The summed E-state index contributed by atoms with van der Waals surface area (Å²) in [5, 5.41) is 23.1. The number of rotatable bonds is 7. The van der Waals surface area contributed by atoms with Crippen molar-refractivity contribution < 1.29 is 9.18 Å². The number of halogens is 1. The van der Waals surface area contributed by atoms with Crippen LogP contribution in [0, 0.1) is 5.82 Å². The van der Waals surface area contributed by atoms with E-state index in [1.165, 1.54) is 35.2 Å². The van der Waals surface area contributed by atoms with Crippen molar-refractivity contribution in [2.24, 2.45) is 7.05 Å². The number of carbonyl (C=O) groups excluding carboxylic acids is 1. The van der Waals surface area contributed by atoms with E-state index in [9.17, 15) is 9.18 Å². The molecule has 7 nitrogen and oxygen atoms in total. The molecule has 0 atom stereocenters. The molecule has 4 aromatic rings. The number of thioether (sulfide) groups is 1. The molecule has 0 saturated carbocycles. The number of thiophene rings is 1. The van der Waals surface area contributed by atoms with Crippen LogP contribution < -0.4 is 5.32 Å². The Kier molecular flexibility index (Phi) is 5.97. The van der Waals surface area contributed by atoms with Gasteiger partial charge in [-0.3, -0.25) is 4.79 Å². The van der Waals surface area contributed by atoms with Crippen molar-refractivity contribution in [3.63, 3.8) is 0 Å². The molecule has 0 radical (unpaired) electrons. The zero-order valence-electron chi connectivity index (χ0n) is 15.2. The standard InChI is InChI=1S/C18H15FN6OS3/c1-25-15(13-3-2-8-27-13)22-24-18(25)28-10-14-21-23-17(29-14)16(26)20-9-11-4-6-12(19)7-5-11/h2-8H,9-10H2,1H3,(H,20,26). The van der Waals surface area contributed by atoms with Crippen LogP contribution in [0.5, 0.6) is 0 Å². The SMILES string of the molecule is Cn1c(SCc2nnc(C(=O)NCc3ccc(F)cc3)s2)nnc1-c1cccs1. The highest BCUT2D eigenvalue weighted by Gasteiger charge is 2.15. The molecule has 11 heteroatoms. The summed E-state index contributed by atoms with van der Waals surface area (Å²) in [6.45, 7) is 0.299. The van der Waals surface area contributed by atoms with Crippen molar-refractivity contribution in [1.29, 1.82) is 0 Å². The summed E-state index contributed by atoms with van der Waals surface area (Å²) >= 11 is 4.34. The lowest BCUT2D eigenvalue weighted by atomic mass is 10.2. The van der Waals surface area contributed by atoms with Crippen molar-refractivity contribution in [2.75, 3.05) is 0 Å². The predicted octanol–water partition coefficient (Wildman–Crippen LogP) is 3.76. The molecule has 0 aliphatic heterocycles. The molecule has 1 N–H and O–H groups in total. The number of amides is 1. The van der Waals surface area contributed by atoms with Crippen LogP contribution in [0.3, 0.4) is 0 Å². The van der Waals surface area contributed by atoms with Gasteiger partial charge in [0, 0.05) is 13.6 Å². The van der Waals surface area contributed by atoms with E-state index in [0.29, 0.717) is 17.3 Å². The van der Waals surface area contributed by atoms with E-state index >= 15 is 0 Å². The van der Waals surface area contributed by atoms with Crippen molar-refractivity contribution in [3.8, 4) is 10.7 Å². The van der Waals surface area contributed by atoms with Crippen LogP contribution in [-0.2, 0) is 19.3 Å². The summed E-state index contributed by atoms with van der Waals surface area (Å²) in [6, 6.07) is 9.96. The van der Waals surface area contributed by atoms with Gasteiger partial charge in [-0.25, -0.2) is 4.39 Å². The van der Waals surface area contributed by atoms with Gasteiger partial charge < -0.3 is 9.88 Å². The summed E-state index contributed by atoms with van der Waals surface area (Å²) < 4.78 is 14.9. The Hall–Kier alpha value is -2.63. The molecule has 0 saturated heterocycles. The third-order valence-electron chi connectivity index (χ3n) is 3.93. The number of carbonyl (C=O) groups is 1. The third kappa shape index (κ3) is 4.69. The van der Waals surface area contributed by atoms with E-state index in [0.717, 1.165) is 26.4 Å². The van der Waals surface area contributed by atoms with Gasteiger partial charge in [0.1, 0.15) is 10.8 Å². The normalized spacial score (nSPS) is 11.0. The molecular weight excluding hydrogens is 431 g/mol. The van der Waals surface area contributed by atoms with Gasteiger partial charge in [-0.15, -0.1) is 31.7 Å². The predicted molar refractivity (Wildman–Crippen MR) is 111 cm³/mol. The minimum absolute atomic E-state index is 0.292. The van der Waals surface area contributed by atoms with Gasteiger partial charge in [-0.1, -0.05) is 41.3 Å². The first-order valence-corrected chi connectivity index (χ1v) is 11.2. The molecule has 0 aliphatic carbocycles. The molecule has 0 bridgehead atoms. The molecule has 3 heterocycles. The molecule has 0 fully saturated rings. The number of hydrogen-bond acceptors (Lipinski definition) is 8. The summed E-state index contributed by atoms with van der Waals surface area (Å²) in [5.74, 6) is 0.748. The third-order valence-corrected chi connectivity index (χ3v) is 6.93. The Morgan fingerprint density at radius 3 is 2.76 bits per heavy atom. The molecule has 29 heavy (non-hydrogen) atoms. The lowest BCUT2D eigenvalue weighted by Crippen LogP contribution is -2.22. The van der Waals surface area contributed by atoms with E-state index in [1.807, 2.05) is 29.1 Å². The maximum Gasteiger partial charge on any atom is 0.282 e. The lowest BCUT2D eigenvalue weighted by molar-refractivity contribution is 0.0950. The van der Waals surface area contributed by atoms with E-state index in [-0.39, 0.29) is 11.7 Å². The fourth-order valence-corrected chi connectivity index (χ4v) is 4.85. The first-order valence-electron chi connectivity index (χ1n) is 8.51. The van der Waals surface area contributed by atoms with Gasteiger partial charge in [0.25, 0.3) is 5.91 Å². The van der Waals surface area contributed by atoms with Crippen LogP contribution in [-0.4, -0.2) is 30.9 Å². The molecule has 1 aromatic carbocycles. The largest absolute Gasteiger partial charge is 0.346 e. The number of hydrogen-bond donors (Lipinski definition) is 1. The van der Waals surface area contributed by atoms with Crippen LogP contribution in [0.2, 0.25) is 0 Å². The van der Waals surface area contributed by atoms with E-state index in [2.05, 4.69) is 25.7 Å². The van der Waals surface area contributed by atoms with Crippen molar-refractivity contribution in [1.82, 2.24) is 30.3 Å². The molecule has 0 unspecified atom stereocenters. The van der Waals surface area contributed by atoms with Gasteiger partial charge in [0.05, 0.1) is 10.6 Å². The van der Waals surface area contributed by atoms with Crippen molar-refractivity contribution >= 4 is 40.3 Å². The highest BCUT2D eigenvalue weighted by molar-refractivity contribution is 7.98. The summed E-state index contributed by atoms with van der Waals surface area (Å²) in [4.78, 5) is 13.3. The average Bonchev–Trinajstić information content (AvgIpc) is 3.47. The Labute approximate surface area is 178 Å². The Bertz CT molecular complexity index is 1110. The maximum absolute atomic E-state index is 12.9. The number of nitrogens with one attached hydrogen (secondary N) is 1. The highest BCUT2D eigenvalue weighted by atomic mass is 32.2. The molecule has 1 amide bonds. The Morgan fingerprint density at radius 1 is 1.17 bits per heavy atom. The maximum atomic E-state index is 12.9. The second kappa shape index (κ2) is 8.80. The second-order valence-electron chi connectivity index (χ2n) is 5.94. The van der Waals surface area contributed by atoms with Crippen molar-refractivity contribution in [3.05, 3.63) is 63.2 Å². The summed E-state index contributed by atoms with van der Waals surface area (Å²) in [6.07, 6.45) is 0. The number of nitrogens with zero attached hydrogens (tertiary/aromatic N) is 5. The molecule has 4 rings (SSSR count). The van der Waals surface area contributed by atoms with Crippen LogP contribution in [0.1, 0.15) is 20.4 Å². The molecular formula is C18H15FN6OS3. The molecule has 148 valence electrons. The Morgan fingerprint density at radius 2 is 2.00 bits per heavy atom. The second-order valence-corrected chi connectivity index (χ2v) is 8.89. The number of benzene rings is 1. The average molecular weight is 447 g/mol. The highest BCUT2D eigenvalue weighted by Crippen LogP contribution is 2.28. The first kappa shape index (κ1) is 19.7. The van der Waals surface area contributed by atoms with Gasteiger partial charge in [0.15, 0.2) is 11.0 Å². The van der Waals surface area contributed by atoms with E-state index in [1.54, 1.807) is 23.5 Å². The van der Waals surface area contributed by atoms with Crippen LogP contribution in [0.15, 0.2) is 46.9 Å². The monoisotopic (exact) mass is 446 g/mol. The van der Waals surface area contributed by atoms with Crippen LogP contribution in [0.25, 0.3) is 10.7 Å². The summed E-state index contributed by atoms with van der Waals surface area (Å²) in [7, 11) is 1.92.